The van der Waals surface area contributed by atoms with Crippen LogP contribution in [0.1, 0.15) is 16.8 Å². The first-order chi connectivity index (χ1) is 10.6. The van der Waals surface area contributed by atoms with Crippen LogP contribution in [0.5, 0.6) is 0 Å². The second kappa shape index (κ2) is 7.61. The van der Waals surface area contributed by atoms with Gasteiger partial charge in [-0.1, -0.05) is 6.08 Å². The highest BCUT2D eigenvalue weighted by Crippen LogP contribution is 2.20. The van der Waals surface area contributed by atoms with Gasteiger partial charge in [-0.05, 0) is 30.7 Å². The van der Waals surface area contributed by atoms with Crippen molar-refractivity contribution in [3.63, 3.8) is 0 Å². The number of aliphatic hydroxyl groups excluding tert-OH is 1. The molecule has 0 spiro atoms. The van der Waals surface area contributed by atoms with Gasteiger partial charge in [0.05, 0.1) is 13.2 Å². The average molecular weight is 304 g/mol. The summed E-state index contributed by atoms with van der Waals surface area (Å²) >= 11 is 0. The third kappa shape index (κ3) is 4.33. The highest BCUT2D eigenvalue weighted by atomic mass is 16.5. The van der Waals surface area contributed by atoms with Crippen LogP contribution in [0.4, 0.5) is 5.69 Å². The highest BCUT2D eigenvalue weighted by Gasteiger charge is 2.20. The van der Waals surface area contributed by atoms with Crippen LogP contribution in [0, 0.1) is 0 Å². The van der Waals surface area contributed by atoms with Crippen LogP contribution in [-0.2, 0) is 9.53 Å². The number of rotatable bonds is 5. The summed E-state index contributed by atoms with van der Waals surface area (Å²) in [7, 11) is 1.30. The molecule has 22 heavy (non-hydrogen) atoms. The number of hydrogen-bond donors (Lipinski definition) is 2. The second-order valence-electron chi connectivity index (χ2n) is 5.07. The molecule has 0 aromatic heterocycles. The molecule has 118 valence electrons. The number of anilines is 1. The Balaban J connectivity index is 1.86. The van der Waals surface area contributed by atoms with Crippen LogP contribution in [0.3, 0.4) is 0 Å². The zero-order chi connectivity index (χ0) is 15.9. The van der Waals surface area contributed by atoms with E-state index in [4.69, 9.17) is 0 Å². The van der Waals surface area contributed by atoms with Crippen LogP contribution in [0.2, 0.25) is 0 Å². The molecule has 0 radical (unpaired) electrons. The van der Waals surface area contributed by atoms with Gasteiger partial charge in [0.2, 0.25) is 0 Å². The summed E-state index contributed by atoms with van der Waals surface area (Å²) in [4.78, 5) is 24.9. The van der Waals surface area contributed by atoms with Crippen LogP contribution in [0.25, 0.3) is 0 Å². The van der Waals surface area contributed by atoms with Gasteiger partial charge in [0.1, 0.15) is 0 Å². The Hall–Kier alpha value is -2.34. The number of β-amino-alcohol motifs (C(OH)–C–C–N with tert-alkyl or cyclic N) is 1. The van der Waals surface area contributed by atoms with Crippen LogP contribution in [0.15, 0.2) is 36.4 Å². The van der Waals surface area contributed by atoms with Crippen LogP contribution >= 0.6 is 0 Å². The molecule has 2 rings (SSSR count). The largest absolute Gasteiger partial charge is 0.466 e. The summed E-state index contributed by atoms with van der Waals surface area (Å²) in [6.45, 7) is 1.71. The Labute approximate surface area is 129 Å². The van der Waals surface area contributed by atoms with E-state index in [1.807, 2.05) is 12.1 Å². The van der Waals surface area contributed by atoms with Crippen molar-refractivity contribution in [2.24, 2.45) is 0 Å². The lowest BCUT2D eigenvalue weighted by molar-refractivity contribution is -0.134. The molecular formula is C16H20N2O4. The third-order valence-electron chi connectivity index (χ3n) is 3.49. The fraction of sp³-hybridized carbons (Fsp3) is 0.375. The number of carbonyl (C=O) groups is 2. The van der Waals surface area contributed by atoms with E-state index >= 15 is 0 Å². The van der Waals surface area contributed by atoms with E-state index in [-0.39, 0.29) is 18.6 Å². The van der Waals surface area contributed by atoms with E-state index in [0.29, 0.717) is 12.1 Å². The van der Waals surface area contributed by atoms with Crippen molar-refractivity contribution in [2.45, 2.75) is 12.5 Å². The number of hydrogen-bond acceptors (Lipinski definition) is 5. The first-order valence-corrected chi connectivity index (χ1v) is 7.16. The molecule has 1 amide bonds. The Bertz CT molecular complexity index is 554. The Morgan fingerprint density at radius 1 is 1.41 bits per heavy atom. The van der Waals surface area contributed by atoms with Crippen molar-refractivity contribution < 1.29 is 19.4 Å². The minimum absolute atomic E-state index is 0.206. The van der Waals surface area contributed by atoms with Gasteiger partial charge in [0.25, 0.3) is 5.91 Å². The van der Waals surface area contributed by atoms with Crippen molar-refractivity contribution in [2.75, 3.05) is 31.6 Å². The quantitative estimate of drug-likeness (QED) is 0.619. The van der Waals surface area contributed by atoms with Crippen molar-refractivity contribution in [1.29, 1.82) is 0 Å². The molecule has 1 aliphatic rings. The van der Waals surface area contributed by atoms with Gasteiger partial charge in [-0.15, -0.1) is 0 Å². The summed E-state index contributed by atoms with van der Waals surface area (Å²) in [6.07, 6.45) is 3.30. The Morgan fingerprint density at radius 3 is 2.73 bits per heavy atom. The SMILES string of the molecule is COC(=O)/C=C/CNC(=O)c1ccc(N2CCC(O)C2)cc1. The number of esters is 1. The number of ether oxygens (including phenoxy) is 1. The summed E-state index contributed by atoms with van der Waals surface area (Å²) in [5, 5.41) is 12.2. The summed E-state index contributed by atoms with van der Waals surface area (Å²) in [6, 6.07) is 7.24. The Kier molecular flexibility index (Phi) is 5.55. The minimum Gasteiger partial charge on any atom is -0.466 e. The number of amides is 1. The van der Waals surface area contributed by atoms with Gasteiger partial charge < -0.3 is 20.1 Å². The third-order valence-corrected chi connectivity index (χ3v) is 3.49. The number of methoxy groups -OCH3 is 1. The number of aliphatic hydroxyl groups is 1. The molecule has 1 fully saturated rings. The van der Waals surface area contributed by atoms with Crippen molar-refractivity contribution >= 4 is 17.6 Å². The maximum absolute atomic E-state index is 11.9. The summed E-state index contributed by atoms with van der Waals surface area (Å²) in [5.41, 5.74) is 1.55. The maximum atomic E-state index is 11.9. The van der Waals surface area contributed by atoms with E-state index in [0.717, 1.165) is 18.7 Å². The van der Waals surface area contributed by atoms with Gasteiger partial charge in [-0.3, -0.25) is 4.79 Å². The predicted octanol–water partition coefficient (Wildman–Crippen LogP) is 0.717. The zero-order valence-corrected chi connectivity index (χ0v) is 12.5. The van der Waals surface area contributed by atoms with E-state index in [1.54, 1.807) is 12.1 Å². The molecule has 1 heterocycles. The van der Waals surface area contributed by atoms with Gasteiger partial charge in [0.15, 0.2) is 0 Å². The zero-order valence-electron chi connectivity index (χ0n) is 12.5. The van der Waals surface area contributed by atoms with Crippen molar-refractivity contribution in [1.82, 2.24) is 5.32 Å². The molecule has 0 saturated carbocycles. The molecule has 6 nitrogen and oxygen atoms in total. The van der Waals surface area contributed by atoms with Crippen LogP contribution < -0.4 is 10.2 Å². The first-order valence-electron chi connectivity index (χ1n) is 7.16. The molecule has 2 N–H and O–H groups in total. The molecule has 1 unspecified atom stereocenters. The van der Waals surface area contributed by atoms with Crippen LogP contribution in [-0.4, -0.2) is 49.8 Å². The topological polar surface area (TPSA) is 78.9 Å². The van der Waals surface area contributed by atoms with Gasteiger partial charge in [-0.25, -0.2) is 4.79 Å². The van der Waals surface area contributed by atoms with E-state index in [1.165, 1.54) is 19.3 Å². The molecule has 1 saturated heterocycles. The lowest BCUT2D eigenvalue weighted by atomic mass is 10.2. The molecule has 6 heteroatoms. The molecule has 0 bridgehead atoms. The Morgan fingerprint density at radius 2 is 2.14 bits per heavy atom. The van der Waals surface area contributed by atoms with E-state index < -0.39 is 5.97 Å². The van der Waals surface area contributed by atoms with Crippen molar-refractivity contribution in [3.05, 3.63) is 42.0 Å². The lowest BCUT2D eigenvalue weighted by Crippen LogP contribution is -2.24. The first kappa shape index (κ1) is 16.0. The number of nitrogens with zero attached hydrogens (tertiary/aromatic N) is 1. The molecule has 0 aliphatic carbocycles. The minimum atomic E-state index is -0.452. The second-order valence-corrected chi connectivity index (χ2v) is 5.07. The fourth-order valence-electron chi connectivity index (χ4n) is 2.28. The number of benzene rings is 1. The molecule has 1 atom stereocenters. The smallest absolute Gasteiger partial charge is 0.330 e. The highest BCUT2D eigenvalue weighted by molar-refractivity contribution is 5.94. The summed E-state index contributed by atoms with van der Waals surface area (Å²) < 4.78 is 4.45. The van der Waals surface area contributed by atoms with Gasteiger partial charge in [-0.2, -0.15) is 0 Å². The van der Waals surface area contributed by atoms with Crippen molar-refractivity contribution in [3.8, 4) is 0 Å². The van der Waals surface area contributed by atoms with Gasteiger partial charge >= 0.3 is 5.97 Å². The predicted molar refractivity (Wildman–Crippen MR) is 82.8 cm³/mol. The normalized spacial score (nSPS) is 17.7. The molecule has 1 aromatic rings. The monoisotopic (exact) mass is 304 g/mol. The number of nitrogens with one attached hydrogen (secondary N) is 1. The summed E-state index contributed by atoms with van der Waals surface area (Å²) in [5.74, 6) is -0.658. The molecular weight excluding hydrogens is 284 g/mol. The fourth-order valence-corrected chi connectivity index (χ4v) is 2.28. The molecule has 1 aliphatic heterocycles. The average Bonchev–Trinajstić information content (AvgIpc) is 2.97. The lowest BCUT2D eigenvalue weighted by Gasteiger charge is -2.17. The standard InChI is InChI=1S/C16H20N2O4/c1-22-15(20)3-2-9-17-16(21)12-4-6-13(7-5-12)18-10-8-14(19)11-18/h2-7,14,19H,8-11H2,1H3,(H,17,21)/b3-2+. The number of carbonyl (C=O) groups excluding carboxylic acids is 2. The van der Waals surface area contributed by atoms with Gasteiger partial charge in [0, 0.05) is 37.0 Å². The van der Waals surface area contributed by atoms with E-state index in [9.17, 15) is 14.7 Å². The molecule has 1 aromatic carbocycles. The van der Waals surface area contributed by atoms with E-state index in [2.05, 4.69) is 15.0 Å². The maximum Gasteiger partial charge on any atom is 0.330 e.